The van der Waals surface area contributed by atoms with Gasteiger partial charge in [0.25, 0.3) is 15.9 Å². The number of rotatable bonds is 3. The fraction of sp³-hybridized carbons (Fsp3) is 0.364. The molecular weight excluding hydrogens is 300 g/mol. The van der Waals surface area contributed by atoms with Crippen molar-refractivity contribution in [3.05, 3.63) is 28.0 Å². The van der Waals surface area contributed by atoms with Gasteiger partial charge in [-0.25, -0.2) is 9.71 Å². The first-order chi connectivity index (χ1) is 9.22. The van der Waals surface area contributed by atoms with Crippen molar-refractivity contribution in [1.82, 2.24) is 19.5 Å². The fourth-order valence-electron chi connectivity index (χ4n) is 1.50. The molecule has 2 aromatic heterocycles. The van der Waals surface area contributed by atoms with Crippen LogP contribution in [-0.2, 0) is 17.1 Å². The number of hydrogen-bond acceptors (Lipinski definition) is 6. The third-order valence-corrected chi connectivity index (χ3v) is 5.73. The summed E-state index contributed by atoms with van der Waals surface area (Å²) in [6, 6.07) is 0. The van der Waals surface area contributed by atoms with Gasteiger partial charge < -0.3 is 0 Å². The van der Waals surface area contributed by atoms with Crippen LogP contribution in [0.25, 0.3) is 0 Å². The number of aryl methyl sites for hydroxylation is 3. The third-order valence-electron chi connectivity index (χ3n) is 2.95. The van der Waals surface area contributed by atoms with Crippen LogP contribution >= 0.6 is 11.3 Å². The van der Waals surface area contributed by atoms with Crippen LogP contribution in [0.15, 0.2) is 10.5 Å². The molecule has 0 spiro atoms. The first kappa shape index (κ1) is 14.7. The topological polar surface area (TPSA) is 93.9 Å². The number of amides is 1. The standard InChI is InChI=1S/C11H14N4O3S2/c1-6-8(3)19-11(13-6)20(17,18)14-10(16)9-5-12-15(4)7(9)2/h5H,1-4H3,(H,14,16). The summed E-state index contributed by atoms with van der Waals surface area (Å²) in [7, 11) is -2.27. The van der Waals surface area contributed by atoms with Gasteiger partial charge in [-0.15, -0.1) is 11.3 Å². The van der Waals surface area contributed by atoms with E-state index in [0.29, 0.717) is 11.4 Å². The van der Waals surface area contributed by atoms with Crippen molar-refractivity contribution in [2.75, 3.05) is 0 Å². The zero-order chi connectivity index (χ0) is 15.1. The maximum absolute atomic E-state index is 12.1. The van der Waals surface area contributed by atoms with Gasteiger partial charge in [-0.3, -0.25) is 9.48 Å². The largest absolute Gasteiger partial charge is 0.291 e. The number of aromatic nitrogens is 3. The molecule has 0 aromatic carbocycles. The van der Waals surface area contributed by atoms with E-state index in [1.807, 2.05) is 4.72 Å². The lowest BCUT2D eigenvalue weighted by molar-refractivity contribution is 0.0980. The highest BCUT2D eigenvalue weighted by atomic mass is 32.2. The molecule has 0 radical (unpaired) electrons. The molecule has 7 nitrogen and oxygen atoms in total. The molecule has 0 bridgehead atoms. The summed E-state index contributed by atoms with van der Waals surface area (Å²) in [5.41, 5.74) is 1.45. The van der Waals surface area contributed by atoms with Crippen LogP contribution in [0, 0.1) is 20.8 Å². The summed E-state index contributed by atoms with van der Waals surface area (Å²) in [6.07, 6.45) is 1.33. The van der Waals surface area contributed by atoms with E-state index in [2.05, 4.69) is 10.1 Å². The number of sulfonamides is 1. The van der Waals surface area contributed by atoms with E-state index in [9.17, 15) is 13.2 Å². The predicted molar refractivity (Wildman–Crippen MR) is 74.2 cm³/mol. The Morgan fingerprint density at radius 3 is 2.45 bits per heavy atom. The predicted octanol–water partition coefficient (Wildman–Crippen LogP) is 0.921. The molecule has 0 unspecified atom stereocenters. The van der Waals surface area contributed by atoms with Gasteiger partial charge in [-0.2, -0.15) is 13.5 Å². The van der Waals surface area contributed by atoms with Gasteiger partial charge in [0.1, 0.15) is 0 Å². The Morgan fingerprint density at radius 1 is 1.35 bits per heavy atom. The van der Waals surface area contributed by atoms with Crippen molar-refractivity contribution in [2.24, 2.45) is 7.05 Å². The van der Waals surface area contributed by atoms with E-state index in [1.165, 1.54) is 10.9 Å². The van der Waals surface area contributed by atoms with E-state index in [1.54, 1.807) is 27.8 Å². The summed E-state index contributed by atoms with van der Waals surface area (Å²) < 4.78 is 27.6. The van der Waals surface area contributed by atoms with Crippen LogP contribution in [0.2, 0.25) is 0 Å². The maximum atomic E-state index is 12.1. The van der Waals surface area contributed by atoms with Gasteiger partial charge >= 0.3 is 0 Å². The Bertz CT molecular complexity index is 754. The van der Waals surface area contributed by atoms with E-state index in [-0.39, 0.29) is 9.90 Å². The highest BCUT2D eigenvalue weighted by Gasteiger charge is 2.24. The second-order valence-corrected chi connectivity index (χ2v) is 7.38. The Balaban J connectivity index is 2.29. The number of nitrogens with zero attached hydrogens (tertiary/aromatic N) is 3. The SMILES string of the molecule is Cc1nc(S(=O)(=O)NC(=O)c2cnn(C)c2C)sc1C. The van der Waals surface area contributed by atoms with Crippen LogP contribution in [0.5, 0.6) is 0 Å². The van der Waals surface area contributed by atoms with Crippen LogP contribution < -0.4 is 4.72 Å². The quantitative estimate of drug-likeness (QED) is 0.909. The van der Waals surface area contributed by atoms with Gasteiger partial charge in [-0.05, 0) is 20.8 Å². The second kappa shape index (κ2) is 4.98. The molecule has 9 heteroatoms. The van der Waals surface area contributed by atoms with Crippen molar-refractivity contribution in [3.63, 3.8) is 0 Å². The molecule has 0 aliphatic carbocycles. The van der Waals surface area contributed by atoms with Crippen LogP contribution in [0.1, 0.15) is 26.6 Å². The van der Waals surface area contributed by atoms with Crippen molar-refractivity contribution in [3.8, 4) is 0 Å². The lowest BCUT2D eigenvalue weighted by atomic mass is 10.2. The Hall–Kier alpha value is -1.74. The molecule has 2 rings (SSSR count). The van der Waals surface area contributed by atoms with Gasteiger partial charge in [0.15, 0.2) is 0 Å². The van der Waals surface area contributed by atoms with Crippen LogP contribution in [0.3, 0.4) is 0 Å². The van der Waals surface area contributed by atoms with Crippen molar-refractivity contribution < 1.29 is 13.2 Å². The van der Waals surface area contributed by atoms with Crippen LogP contribution in [-0.4, -0.2) is 29.1 Å². The summed E-state index contributed by atoms with van der Waals surface area (Å²) in [5, 5.41) is 3.91. The molecule has 0 fully saturated rings. The summed E-state index contributed by atoms with van der Waals surface area (Å²) >= 11 is 1.03. The minimum Gasteiger partial charge on any atom is -0.272 e. The number of carbonyl (C=O) groups is 1. The zero-order valence-electron chi connectivity index (χ0n) is 11.5. The minimum atomic E-state index is -3.95. The molecule has 108 valence electrons. The van der Waals surface area contributed by atoms with Crippen molar-refractivity contribution >= 4 is 27.3 Å². The zero-order valence-corrected chi connectivity index (χ0v) is 13.1. The first-order valence-electron chi connectivity index (χ1n) is 5.72. The number of nitrogens with one attached hydrogen (secondary N) is 1. The number of carbonyl (C=O) groups excluding carboxylic acids is 1. The van der Waals surface area contributed by atoms with Gasteiger partial charge in [0.2, 0.25) is 4.34 Å². The Labute approximate surface area is 120 Å². The molecule has 1 amide bonds. The highest BCUT2D eigenvalue weighted by Crippen LogP contribution is 2.21. The monoisotopic (exact) mass is 314 g/mol. The van der Waals surface area contributed by atoms with Gasteiger partial charge in [0, 0.05) is 17.6 Å². The van der Waals surface area contributed by atoms with Crippen LogP contribution in [0.4, 0.5) is 0 Å². The highest BCUT2D eigenvalue weighted by molar-refractivity contribution is 7.92. The molecule has 0 aliphatic heterocycles. The maximum Gasteiger partial charge on any atom is 0.291 e. The number of thiazole rings is 1. The molecule has 20 heavy (non-hydrogen) atoms. The molecule has 0 atom stereocenters. The Kier molecular flexibility index (Phi) is 3.65. The minimum absolute atomic E-state index is 0.109. The smallest absolute Gasteiger partial charge is 0.272 e. The number of hydrogen-bond donors (Lipinski definition) is 1. The lowest BCUT2D eigenvalue weighted by Crippen LogP contribution is -2.30. The molecule has 0 saturated carbocycles. The molecule has 1 N–H and O–H groups in total. The second-order valence-electron chi connectivity index (χ2n) is 4.32. The van der Waals surface area contributed by atoms with E-state index >= 15 is 0 Å². The van der Waals surface area contributed by atoms with E-state index < -0.39 is 15.9 Å². The van der Waals surface area contributed by atoms with Crippen molar-refractivity contribution in [2.45, 2.75) is 25.1 Å². The first-order valence-corrected chi connectivity index (χ1v) is 8.02. The molecular formula is C11H14N4O3S2. The Morgan fingerprint density at radius 2 is 2.00 bits per heavy atom. The van der Waals surface area contributed by atoms with E-state index in [0.717, 1.165) is 16.2 Å². The molecule has 0 aliphatic rings. The molecule has 2 aromatic rings. The van der Waals surface area contributed by atoms with Crippen molar-refractivity contribution in [1.29, 1.82) is 0 Å². The summed E-state index contributed by atoms with van der Waals surface area (Å²) in [6.45, 7) is 5.18. The third kappa shape index (κ3) is 2.59. The summed E-state index contributed by atoms with van der Waals surface area (Å²) in [5.74, 6) is -0.707. The van der Waals surface area contributed by atoms with E-state index in [4.69, 9.17) is 0 Å². The average molecular weight is 314 g/mol. The van der Waals surface area contributed by atoms with Gasteiger partial charge in [0.05, 0.1) is 17.5 Å². The fourth-order valence-corrected chi connectivity index (χ4v) is 3.78. The molecule has 0 saturated heterocycles. The molecule has 2 heterocycles. The summed E-state index contributed by atoms with van der Waals surface area (Å²) in [4.78, 5) is 16.7. The van der Waals surface area contributed by atoms with Gasteiger partial charge in [-0.1, -0.05) is 0 Å². The normalized spacial score (nSPS) is 11.6. The average Bonchev–Trinajstić information content (AvgIpc) is 2.85. The lowest BCUT2D eigenvalue weighted by Gasteiger charge is -2.03.